The van der Waals surface area contributed by atoms with Gasteiger partial charge in [-0.15, -0.1) is 5.44 Å². The average Bonchev–Trinajstić information content (AvgIpc) is 2.55. The fourth-order valence-electron chi connectivity index (χ4n) is 3.10. The fraction of sp³-hybridized carbons (Fsp3) is 0.762. The minimum atomic E-state index is -1.10. The number of nitrogens with zero attached hydrogens (tertiary/aromatic N) is 4. The molecule has 1 aromatic rings. The van der Waals surface area contributed by atoms with Crippen LogP contribution in [0, 0.1) is 0 Å². The molecule has 0 radical (unpaired) electrons. The van der Waals surface area contributed by atoms with E-state index in [1.165, 1.54) is 14.0 Å². The number of aromatic nitrogens is 1. The van der Waals surface area contributed by atoms with Crippen molar-refractivity contribution in [2.75, 3.05) is 61.4 Å². The van der Waals surface area contributed by atoms with Crippen LogP contribution in [0.3, 0.4) is 0 Å². The average molecular weight is 481 g/mol. The summed E-state index contributed by atoms with van der Waals surface area (Å²) in [7, 11) is 9.89. The Morgan fingerprint density at radius 1 is 0.793 bits per heavy atom. The normalized spacial score (nSPS) is 12.7. The Hall–Kier alpha value is 1.53. The van der Waals surface area contributed by atoms with Crippen molar-refractivity contribution in [3.8, 4) is 0 Å². The second-order valence-corrected chi connectivity index (χ2v) is 23.8. The minimum Gasteiger partial charge on any atom is -0.488 e. The molecule has 29 heavy (non-hydrogen) atoms. The van der Waals surface area contributed by atoms with Gasteiger partial charge < -0.3 is 23.3 Å². The van der Waals surface area contributed by atoms with Gasteiger partial charge in [0.2, 0.25) is 0 Å². The largest absolute Gasteiger partial charge is 1.00 e. The Labute approximate surface area is 228 Å². The maximum absolute atomic E-state index is 4.48. The monoisotopic (exact) mass is 480 g/mol. The van der Waals surface area contributed by atoms with E-state index in [9.17, 15) is 0 Å². The third kappa shape index (κ3) is 17.7. The molecule has 0 spiro atoms. The molecular formula is C21H46KN4PSi2. The van der Waals surface area contributed by atoms with Crippen molar-refractivity contribution in [2.24, 2.45) is 0 Å². The smallest absolute Gasteiger partial charge is 0.488 e. The Morgan fingerprint density at radius 3 is 1.55 bits per heavy atom. The number of rotatable bonds is 10. The van der Waals surface area contributed by atoms with Crippen LogP contribution in [0.2, 0.25) is 39.3 Å². The molecule has 1 rings (SSSR count). The molecule has 1 aromatic heterocycles. The quantitative estimate of drug-likeness (QED) is 0.365. The number of hydrogen-bond acceptors (Lipinski definition) is 4. The third-order valence-corrected chi connectivity index (χ3v) is 19.1. The Kier molecular flexibility index (Phi) is 18.3. The standard InChI is InChI=1S/C12H23NPSi2.C9H23N3.K/c1-15(2,3)12(16(4,5)6)14-11-9-7-8-10-13-11;1-10(2)6-8-12(5)9-7-11(3)4;/h7-10,12H,1-6H3;6-9H2,1-5H3;/q-1;;+1. The summed E-state index contributed by atoms with van der Waals surface area (Å²) in [6.45, 7) is 19.5. The fourth-order valence-corrected chi connectivity index (χ4v) is 18.0. The van der Waals surface area contributed by atoms with Crippen molar-refractivity contribution in [3.63, 3.8) is 0 Å². The molecule has 164 valence electrons. The first-order valence-corrected chi connectivity index (χ1v) is 18.4. The van der Waals surface area contributed by atoms with Crippen molar-refractivity contribution in [2.45, 2.75) is 44.2 Å². The molecule has 0 N–H and O–H groups in total. The summed E-state index contributed by atoms with van der Waals surface area (Å²) in [5, 5.41) is 0. The Bertz CT molecular complexity index is 494. The topological polar surface area (TPSA) is 22.6 Å². The molecule has 0 aromatic carbocycles. The molecule has 4 nitrogen and oxygen atoms in total. The Balaban J connectivity index is 0. The summed E-state index contributed by atoms with van der Waals surface area (Å²) in [5.74, 6) is 0. The van der Waals surface area contributed by atoms with Gasteiger partial charge in [-0.3, -0.25) is 4.98 Å². The van der Waals surface area contributed by atoms with Crippen molar-refractivity contribution >= 4 is 30.2 Å². The van der Waals surface area contributed by atoms with Crippen LogP contribution in [0.15, 0.2) is 24.4 Å². The number of pyridine rings is 1. The van der Waals surface area contributed by atoms with Gasteiger partial charge in [-0.2, -0.15) is 4.91 Å². The van der Waals surface area contributed by atoms with E-state index >= 15 is 0 Å². The molecule has 1 heterocycles. The second-order valence-electron chi connectivity index (χ2n) is 10.4. The number of hydrogen-bond donors (Lipinski definition) is 0. The van der Waals surface area contributed by atoms with Crippen molar-refractivity contribution in [3.05, 3.63) is 24.4 Å². The third-order valence-electron chi connectivity index (χ3n) is 4.41. The molecule has 0 aliphatic rings. The van der Waals surface area contributed by atoms with E-state index in [1.54, 1.807) is 0 Å². The van der Waals surface area contributed by atoms with Crippen LogP contribution in [-0.4, -0.2) is 102 Å². The SMILES string of the molecule is CN(C)CCN(C)CCN(C)C.C[Si](C)(C)C([P-]c1ccccn1)[Si](C)(C)C.[K+]. The van der Waals surface area contributed by atoms with E-state index in [1.807, 2.05) is 12.3 Å². The summed E-state index contributed by atoms with van der Waals surface area (Å²) in [6, 6.07) is 6.26. The van der Waals surface area contributed by atoms with E-state index < -0.39 is 16.1 Å². The summed E-state index contributed by atoms with van der Waals surface area (Å²) in [6.07, 6.45) is 1.91. The maximum atomic E-state index is 4.48. The second kappa shape index (κ2) is 16.2. The van der Waals surface area contributed by atoms with E-state index in [0.29, 0.717) is 0 Å². The van der Waals surface area contributed by atoms with Gasteiger partial charge in [-0.05, 0) is 41.3 Å². The van der Waals surface area contributed by atoms with Gasteiger partial charge >= 0.3 is 51.4 Å². The summed E-state index contributed by atoms with van der Waals surface area (Å²) < 4.78 is 0. The molecule has 0 saturated heterocycles. The Morgan fingerprint density at radius 2 is 1.24 bits per heavy atom. The van der Waals surface area contributed by atoms with E-state index in [4.69, 9.17) is 0 Å². The summed E-state index contributed by atoms with van der Waals surface area (Å²) in [4.78, 5) is 12.2. The van der Waals surface area contributed by atoms with Gasteiger partial charge in [0.15, 0.2) is 0 Å². The van der Waals surface area contributed by atoms with Gasteiger partial charge in [0.1, 0.15) is 0 Å². The van der Waals surface area contributed by atoms with Crippen LogP contribution in [0.5, 0.6) is 0 Å². The first-order chi connectivity index (χ1) is 12.7. The molecule has 0 amide bonds. The van der Waals surface area contributed by atoms with Gasteiger partial charge in [0.25, 0.3) is 0 Å². The first-order valence-electron chi connectivity index (χ1n) is 10.3. The molecule has 0 fully saturated rings. The first kappa shape index (κ1) is 32.7. The van der Waals surface area contributed by atoms with Gasteiger partial charge in [0, 0.05) is 48.5 Å². The predicted octanol–water partition coefficient (Wildman–Crippen LogP) is 0.822. The molecule has 0 atom stereocenters. The van der Waals surface area contributed by atoms with E-state index in [-0.39, 0.29) is 51.4 Å². The molecular weight excluding hydrogens is 435 g/mol. The molecule has 0 aliphatic heterocycles. The summed E-state index contributed by atoms with van der Waals surface area (Å²) in [5.41, 5.74) is 1.25. The maximum Gasteiger partial charge on any atom is 1.00 e. The minimum absolute atomic E-state index is 0. The van der Waals surface area contributed by atoms with Gasteiger partial charge in [-0.1, -0.05) is 51.4 Å². The van der Waals surface area contributed by atoms with Crippen LogP contribution in [0.4, 0.5) is 0 Å². The molecule has 0 aliphatic carbocycles. The van der Waals surface area contributed by atoms with E-state index in [0.717, 1.165) is 31.1 Å². The van der Waals surface area contributed by atoms with Crippen molar-refractivity contribution < 1.29 is 51.4 Å². The van der Waals surface area contributed by atoms with Crippen molar-refractivity contribution in [1.82, 2.24) is 19.7 Å². The molecule has 8 heteroatoms. The molecule has 0 unspecified atom stereocenters. The van der Waals surface area contributed by atoms with Crippen LogP contribution in [-0.2, 0) is 0 Å². The number of likely N-dealkylation sites (N-methyl/N-ethyl adjacent to an activating group) is 3. The van der Waals surface area contributed by atoms with Gasteiger partial charge in [0.05, 0.1) is 0 Å². The molecule has 0 bridgehead atoms. The predicted molar refractivity (Wildman–Crippen MR) is 136 cm³/mol. The van der Waals surface area contributed by atoms with Crippen molar-refractivity contribution in [1.29, 1.82) is 0 Å². The zero-order chi connectivity index (χ0) is 22.0. The zero-order valence-electron chi connectivity index (χ0n) is 21.5. The zero-order valence-corrected chi connectivity index (χ0v) is 27.5. The summed E-state index contributed by atoms with van der Waals surface area (Å²) >= 11 is 0. The van der Waals surface area contributed by atoms with Gasteiger partial charge in [-0.25, -0.2) is 0 Å². The van der Waals surface area contributed by atoms with Crippen LogP contribution >= 0.6 is 8.58 Å². The molecule has 0 saturated carbocycles. The van der Waals surface area contributed by atoms with Crippen LogP contribution in [0.1, 0.15) is 0 Å². The van der Waals surface area contributed by atoms with Crippen LogP contribution < -0.4 is 56.8 Å². The van der Waals surface area contributed by atoms with E-state index in [2.05, 4.69) is 106 Å². The van der Waals surface area contributed by atoms with Crippen LogP contribution in [0.25, 0.3) is 0 Å².